The van der Waals surface area contributed by atoms with Crippen molar-refractivity contribution >= 4 is 54.8 Å². The van der Waals surface area contributed by atoms with Crippen molar-refractivity contribution in [3.63, 3.8) is 0 Å². The molecule has 0 aliphatic rings. The van der Waals surface area contributed by atoms with Crippen molar-refractivity contribution in [3.8, 4) is 5.88 Å². The van der Waals surface area contributed by atoms with E-state index in [1.165, 1.54) is 6.33 Å². The third-order valence-electron chi connectivity index (χ3n) is 3.51. The van der Waals surface area contributed by atoms with E-state index in [-0.39, 0.29) is 0 Å². The number of aromatic nitrogens is 6. The lowest BCUT2D eigenvalue weighted by Crippen LogP contribution is -2.03. The van der Waals surface area contributed by atoms with Gasteiger partial charge in [0.2, 0.25) is 5.88 Å². The molecule has 7 nitrogen and oxygen atoms in total. The molecule has 0 spiro atoms. The van der Waals surface area contributed by atoms with Crippen LogP contribution in [0.1, 0.15) is 11.4 Å². The highest BCUT2D eigenvalue weighted by Gasteiger charge is 2.17. The minimum absolute atomic E-state index is 0.460. The lowest BCUT2D eigenvalue weighted by Gasteiger charge is -2.09. The van der Waals surface area contributed by atoms with Gasteiger partial charge < -0.3 is 4.74 Å². The quantitative estimate of drug-likeness (QED) is 0.427. The van der Waals surface area contributed by atoms with Gasteiger partial charge in [-0.2, -0.15) is 9.61 Å². The Hall–Kier alpha value is -1.71. The first-order valence-electron chi connectivity index (χ1n) is 6.83. The first-order valence-corrected chi connectivity index (χ1v) is 8.79. The van der Waals surface area contributed by atoms with E-state index in [2.05, 4.69) is 52.0 Å². The molecule has 0 atom stereocenters. The number of nitrogens with zero attached hydrogens (tertiary/aromatic N) is 6. The first kappa shape index (κ1) is 15.8. The van der Waals surface area contributed by atoms with Crippen LogP contribution in [0.2, 0.25) is 5.15 Å². The second-order valence-corrected chi connectivity index (χ2v) is 7.06. The maximum Gasteiger partial charge on any atom is 0.220 e. The molecule has 10 heteroatoms. The van der Waals surface area contributed by atoms with Crippen LogP contribution in [0.25, 0.3) is 11.3 Å². The first-order chi connectivity index (χ1) is 11.6. The molecule has 0 saturated heterocycles. The number of methoxy groups -OCH3 is 1. The number of hydrogen-bond acceptors (Lipinski definition) is 5. The van der Waals surface area contributed by atoms with Gasteiger partial charge in [0.1, 0.15) is 11.5 Å². The normalized spacial score (nSPS) is 11.5. The smallest absolute Gasteiger partial charge is 0.220 e. The number of fused-ring (bicyclic) bond motifs is 2. The van der Waals surface area contributed by atoms with Crippen LogP contribution in [0.3, 0.4) is 0 Å². The Morgan fingerprint density at radius 2 is 2.00 bits per heavy atom. The van der Waals surface area contributed by atoms with Crippen molar-refractivity contribution in [2.24, 2.45) is 0 Å². The predicted octanol–water partition coefficient (Wildman–Crippen LogP) is 3.55. The van der Waals surface area contributed by atoms with Crippen molar-refractivity contribution in [1.82, 2.24) is 29.2 Å². The standard InChI is InChI=1S/C14H9Br2ClN6O/c1-24-14-7(4-9(16)12-18-6-19-23(12)14)5-11-20-13-8(15)2-3-10(17)22(13)21-11/h2-4,6H,5H2,1H3. The largest absolute Gasteiger partial charge is 0.481 e. The topological polar surface area (TPSA) is 69.6 Å². The minimum Gasteiger partial charge on any atom is -0.481 e. The van der Waals surface area contributed by atoms with Crippen LogP contribution >= 0.6 is 43.5 Å². The summed E-state index contributed by atoms with van der Waals surface area (Å²) in [6, 6.07) is 5.54. The van der Waals surface area contributed by atoms with E-state index >= 15 is 0 Å². The van der Waals surface area contributed by atoms with E-state index < -0.39 is 0 Å². The number of pyridine rings is 2. The van der Waals surface area contributed by atoms with Gasteiger partial charge in [-0.05, 0) is 50.1 Å². The summed E-state index contributed by atoms with van der Waals surface area (Å²) >= 11 is 13.1. The van der Waals surface area contributed by atoms with Gasteiger partial charge in [-0.3, -0.25) is 0 Å². The molecule has 4 aromatic rings. The van der Waals surface area contributed by atoms with Crippen molar-refractivity contribution in [1.29, 1.82) is 0 Å². The van der Waals surface area contributed by atoms with E-state index in [0.717, 1.165) is 14.5 Å². The Labute approximate surface area is 157 Å². The van der Waals surface area contributed by atoms with Gasteiger partial charge in [0, 0.05) is 12.0 Å². The van der Waals surface area contributed by atoms with Gasteiger partial charge in [-0.25, -0.2) is 14.5 Å². The number of hydrogen-bond donors (Lipinski definition) is 0. The van der Waals surface area contributed by atoms with Crippen molar-refractivity contribution in [2.75, 3.05) is 7.11 Å². The molecule has 24 heavy (non-hydrogen) atoms. The molecule has 0 aromatic carbocycles. The summed E-state index contributed by atoms with van der Waals surface area (Å²) in [6.07, 6.45) is 1.94. The molecule has 4 heterocycles. The molecular formula is C14H9Br2ClN6O. The molecule has 4 aromatic heterocycles. The molecule has 0 bridgehead atoms. The zero-order valence-electron chi connectivity index (χ0n) is 12.2. The van der Waals surface area contributed by atoms with Crippen LogP contribution < -0.4 is 4.74 Å². The summed E-state index contributed by atoms with van der Waals surface area (Å²) in [5, 5.41) is 9.16. The summed E-state index contributed by atoms with van der Waals surface area (Å²) in [5.41, 5.74) is 2.23. The summed E-state index contributed by atoms with van der Waals surface area (Å²) in [6.45, 7) is 0. The Bertz CT molecular complexity index is 1040. The molecule has 0 saturated carbocycles. The van der Waals surface area contributed by atoms with E-state index in [1.807, 2.05) is 12.1 Å². The van der Waals surface area contributed by atoms with Gasteiger partial charge in [0.15, 0.2) is 17.1 Å². The van der Waals surface area contributed by atoms with Crippen LogP contribution in [0, 0.1) is 0 Å². The van der Waals surface area contributed by atoms with Gasteiger partial charge in [-0.15, -0.1) is 5.10 Å². The van der Waals surface area contributed by atoms with E-state index in [4.69, 9.17) is 16.3 Å². The van der Waals surface area contributed by atoms with Crippen LogP contribution in [0.5, 0.6) is 5.88 Å². The van der Waals surface area contributed by atoms with Crippen molar-refractivity contribution < 1.29 is 4.74 Å². The second-order valence-electron chi connectivity index (χ2n) is 4.97. The molecular weight excluding hydrogens is 463 g/mol. The van der Waals surface area contributed by atoms with Gasteiger partial charge >= 0.3 is 0 Å². The Balaban J connectivity index is 1.85. The zero-order chi connectivity index (χ0) is 16.8. The number of halogens is 3. The summed E-state index contributed by atoms with van der Waals surface area (Å²) in [7, 11) is 1.60. The van der Waals surface area contributed by atoms with Crippen LogP contribution in [0.15, 0.2) is 33.5 Å². The molecule has 0 unspecified atom stereocenters. The minimum atomic E-state index is 0.460. The van der Waals surface area contributed by atoms with E-state index in [0.29, 0.717) is 34.6 Å². The third kappa shape index (κ3) is 2.47. The molecule has 0 radical (unpaired) electrons. The summed E-state index contributed by atoms with van der Waals surface area (Å²) < 4.78 is 10.4. The molecule has 0 aliphatic carbocycles. The maximum atomic E-state index is 6.18. The van der Waals surface area contributed by atoms with Gasteiger partial charge in [0.25, 0.3) is 0 Å². The molecule has 122 valence electrons. The fourth-order valence-corrected chi connectivity index (χ4v) is 3.62. The predicted molar refractivity (Wildman–Crippen MR) is 95.7 cm³/mol. The Kier molecular flexibility index (Phi) is 3.93. The monoisotopic (exact) mass is 470 g/mol. The SMILES string of the molecule is COc1c(Cc2nc3c(Br)ccc(Cl)n3n2)cc(Br)c2ncnn12. The summed E-state index contributed by atoms with van der Waals surface area (Å²) in [4.78, 5) is 8.74. The fraction of sp³-hybridized carbons (Fsp3) is 0.143. The molecule has 0 aliphatic heterocycles. The van der Waals surface area contributed by atoms with Crippen molar-refractivity contribution in [2.45, 2.75) is 6.42 Å². The van der Waals surface area contributed by atoms with Gasteiger partial charge in [-0.1, -0.05) is 11.6 Å². The van der Waals surface area contributed by atoms with Crippen LogP contribution in [0.4, 0.5) is 0 Å². The molecule has 4 rings (SSSR count). The van der Waals surface area contributed by atoms with E-state index in [1.54, 1.807) is 22.2 Å². The molecule has 0 fully saturated rings. The number of ether oxygens (including phenoxy) is 1. The Morgan fingerprint density at radius 1 is 1.17 bits per heavy atom. The second kappa shape index (κ2) is 5.98. The molecule has 0 N–H and O–H groups in total. The maximum absolute atomic E-state index is 6.18. The lowest BCUT2D eigenvalue weighted by atomic mass is 10.2. The molecule has 0 amide bonds. The summed E-state index contributed by atoms with van der Waals surface area (Å²) in [5.74, 6) is 1.21. The third-order valence-corrected chi connectivity index (χ3v) is 4.99. The Morgan fingerprint density at radius 3 is 2.75 bits per heavy atom. The fourth-order valence-electron chi connectivity index (χ4n) is 2.50. The lowest BCUT2D eigenvalue weighted by molar-refractivity contribution is 0.380. The van der Waals surface area contributed by atoms with E-state index in [9.17, 15) is 0 Å². The van der Waals surface area contributed by atoms with Gasteiger partial charge in [0.05, 0.1) is 16.1 Å². The van der Waals surface area contributed by atoms with Crippen molar-refractivity contribution in [3.05, 3.63) is 50.0 Å². The van der Waals surface area contributed by atoms with Crippen LogP contribution in [-0.4, -0.2) is 36.3 Å². The van der Waals surface area contributed by atoms with Crippen LogP contribution in [-0.2, 0) is 6.42 Å². The highest BCUT2D eigenvalue weighted by Crippen LogP contribution is 2.28. The zero-order valence-corrected chi connectivity index (χ0v) is 16.2. The average Bonchev–Trinajstić information content (AvgIpc) is 3.19. The number of rotatable bonds is 3. The average molecular weight is 473 g/mol. The highest BCUT2D eigenvalue weighted by atomic mass is 79.9. The highest BCUT2D eigenvalue weighted by molar-refractivity contribution is 9.11.